The summed E-state index contributed by atoms with van der Waals surface area (Å²) in [5, 5.41) is 2.90. The maximum Gasteiger partial charge on any atom is 0.407 e. The van der Waals surface area contributed by atoms with E-state index in [9.17, 15) is 14.0 Å². The molecule has 29 heavy (non-hydrogen) atoms. The van der Waals surface area contributed by atoms with Gasteiger partial charge in [-0.05, 0) is 51.5 Å². The lowest BCUT2D eigenvalue weighted by Crippen LogP contribution is -2.34. The number of benzene rings is 2. The normalized spacial score (nSPS) is 11.5. The second-order valence-corrected chi connectivity index (χ2v) is 7.77. The van der Waals surface area contributed by atoms with E-state index >= 15 is 0 Å². The second kappa shape index (κ2) is 8.03. The number of rotatable bonds is 4. The van der Waals surface area contributed by atoms with Crippen LogP contribution in [0.1, 0.15) is 32.2 Å². The molecule has 1 N–H and O–H groups in total. The molecule has 0 spiro atoms. The molecule has 0 aliphatic rings. The number of aryl methyl sites for hydroxylation is 1. The summed E-state index contributed by atoms with van der Waals surface area (Å²) in [5.74, 6) is -0.196. The number of hydrogen-bond acceptors (Lipinski definition) is 4. The van der Waals surface area contributed by atoms with Crippen LogP contribution in [0.15, 0.2) is 47.3 Å². The van der Waals surface area contributed by atoms with Gasteiger partial charge in [-0.15, -0.1) is 0 Å². The van der Waals surface area contributed by atoms with E-state index in [1.165, 1.54) is 10.6 Å². The molecule has 0 fully saturated rings. The van der Waals surface area contributed by atoms with Crippen molar-refractivity contribution >= 4 is 17.0 Å². The van der Waals surface area contributed by atoms with Crippen LogP contribution in [-0.4, -0.2) is 27.8 Å². The van der Waals surface area contributed by atoms with Gasteiger partial charge in [-0.2, -0.15) is 0 Å². The molecule has 0 unspecified atom stereocenters. The third kappa shape index (κ3) is 4.62. The molecule has 2 aromatic carbocycles. The van der Waals surface area contributed by atoms with Crippen LogP contribution in [0.4, 0.5) is 9.18 Å². The number of ether oxygens (including phenoxy) is 1. The summed E-state index contributed by atoms with van der Waals surface area (Å²) in [6.45, 7) is 7.26. The molecule has 1 heterocycles. The number of fused-ring (bicyclic) bond motifs is 1. The first-order valence-electron chi connectivity index (χ1n) is 9.40. The largest absolute Gasteiger partial charge is 0.444 e. The van der Waals surface area contributed by atoms with E-state index in [-0.39, 0.29) is 29.4 Å². The van der Waals surface area contributed by atoms with Crippen molar-refractivity contribution in [1.29, 1.82) is 0 Å². The van der Waals surface area contributed by atoms with Crippen molar-refractivity contribution in [3.05, 3.63) is 70.0 Å². The van der Waals surface area contributed by atoms with Crippen LogP contribution in [0, 0.1) is 12.7 Å². The Kier molecular flexibility index (Phi) is 5.68. The highest BCUT2D eigenvalue weighted by atomic mass is 19.1. The average molecular weight is 397 g/mol. The van der Waals surface area contributed by atoms with Crippen molar-refractivity contribution in [2.75, 3.05) is 6.54 Å². The molecule has 1 aromatic heterocycles. The van der Waals surface area contributed by atoms with Gasteiger partial charge in [0.25, 0.3) is 5.56 Å². The number of nitrogens with zero attached hydrogens (tertiary/aromatic N) is 2. The fourth-order valence-corrected chi connectivity index (χ4v) is 3.06. The Morgan fingerprint density at radius 3 is 2.52 bits per heavy atom. The third-order valence-electron chi connectivity index (χ3n) is 4.28. The highest BCUT2D eigenvalue weighted by Gasteiger charge is 2.18. The summed E-state index contributed by atoms with van der Waals surface area (Å²) in [6, 6.07) is 11.9. The lowest BCUT2D eigenvalue weighted by Gasteiger charge is -2.20. The van der Waals surface area contributed by atoms with Gasteiger partial charge in [0.2, 0.25) is 0 Å². The van der Waals surface area contributed by atoms with Crippen LogP contribution in [0.25, 0.3) is 16.6 Å². The highest BCUT2D eigenvalue weighted by molar-refractivity contribution is 5.82. The van der Waals surface area contributed by atoms with Gasteiger partial charge in [-0.3, -0.25) is 9.36 Å². The minimum atomic E-state index is -0.613. The number of hydrogen-bond donors (Lipinski definition) is 1. The first-order valence-corrected chi connectivity index (χ1v) is 9.40. The fraction of sp³-hybridized carbons (Fsp3) is 0.318. The van der Waals surface area contributed by atoms with Gasteiger partial charge < -0.3 is 10.1 Å². The van der Waals surface area contributed by atoms with Gasteiger partial charge in [-0.1, -0.05) is 24.3 Å². The van der Waals surface area contributed by atoms with E-state index in [0.717, 1.165) is 0 Å². The number of halogens is 1. The van der Waals surface area contributed by atoms with Gasteiger partial charge in [0, 0.05) is 13.0 Å². The van der Waals surface area contributed by atoms with Crippen LogP contribution in [-0.2, 0) is 11.2 Å². The molecule has 3 rings (SSSR count). The Balaban J connectivity index is 2.02. The Bertz CT molecular complexity index is 1100. The quantitative estimate of drug-likeness (QED) is 0.725. The molecule has 0 atom stereocenters. The average Bonchev–Trinajstić information content (AvgIpc) is 2.64. The summed E-state index contributed by atoms with van der Waals surface area (Å²) in [5.41, 5.74) is 0.364. The standard InChI is InChI=1S/C22H24FN3O3/c1-14-10-11-16(23)19-18(14)20(27)26(15-8-6-5-7-9-15)17(25-19)12-13-24-21(28)29-22(2,3)4/h5-11H,12-13H2,1-4H3,(H,24,28). The Morgan fingerprint density at radius 1 is 1.17 bits per heavy atom. The minimum absolute atomic E-state index is 0.0365. The zero-order chi connectivity index (χ0) is 21.2. The zero-order valence-electron chi connectivity index (χ0n) is 17.0. The predicted molar refractivity (Wildman–Crippen MR) is 110 cm³/mol. The molecule has 0 radical (unpaired) electrons. The zero-order valence-corrected chi connectivity index (χ0v) is 17.0. The Morgan fingerprint density at radius 2 is 1.86 bits per heavy atom. The fourth-order valence-electron chi connectivity index (χ4n) is 3.06. The predicted octanol–water partition coefficient (Wildman–Crippen LogP) is 3.90. The molecule has 6 nitrogen and oxygen atoms in total. The number of nitrogens with one attached hydrogen (secondary N) is 1. The Hall–Kier alpha value is -3.22. The maximum atomic E-state index is 14.4. The number of carbonyl (C=O) groups is 1. The molecule has 0 saturated heterocycles. The van der Waals surface area contributed by atoms with Crippen molar-refractivity contribution in [3.8, 4) is 5.69 Å². The van der Waals surface area contributed by atoms with Gasteiger partial charge in [-0.25, -0.2) is 14.2 Å². The molecule has 7 heteroatoms. The van der Waals surface area contributed by atoms with Gasteiger partial charge in [0.1, 0.15) is 22.8 Å². The van der Waals surface area contributed by atoms with E-state index in [1.54, 1.807) is 45.9 Å². The van der Waals surface area contributed by atoms with Crippen LogP contribution in [0.3, 0.4) is 0 Å². The van der Waals surface area contributed by atoms with Crippen LogP contribution < -0.4 is 10.9 Å². The second-order valence-electron chi connectivity index (χ2n) is 7.77. The Labute approximate surface area is 168 Å². The van der Waals surface area contributed by atoms with E-state index in [4.69, 9.17) is 4.74 Å². The van der Waals surface area contributed by atoms with Gasteiger partial charge >= 0.3 is 6.09 Å². The first-order chi connectivity index (χ1) is 13.7. The van der Waals surface area contributed by atoms with Crippen LogP contribution in [0.5, 0.6) is 0 Å². The molecule has 0 bridgehead atoms. The molecule has 3 aromatic rings. The van der Waals surface area contributed by atoms with Crippen LogP contribution in [0.2, 0.25) is 0 Å². The topological polar surface area (TPSA) is 73.2 Å². The highest BCUT2D eigenvalue weighted by Crippen LogP contribution is 2.19. The summed E-state index contributed by atoms with van der Waals surface area (Å²) >= 11 is 0. The summed E-state index contributed by atoms with van der Waals surface area (Å²) in [7, 11) is 0. The molecule has 0 saturated carbocycles. The summed E-state index contributed by atoms with van der Waals surface area (Å²) in [4.78, 5) is 29.6. The maximum absolute atomic E-state index is 14.4. The van der Waals surface area contributed by atoms with Crippen molar-refractivity contribution in [2.24, 2.45) is 0 Å². The van der Waals surface area contributed by atoms with E-state index in [1.807, 2.05) is 18.2 Å². The first kappa shape index (κ1) is 20.5. The van der Waals surface area contributed by atoms with Gasteiger partial charge in [0.15, 0.2) is 0 Å². The van der Waals surface area contributed by atoms with Crippen molar-refractivity contribution in [1.82, 2.24) is 14.9 Å². The summed E-state index contributed by atoms with van der Waals surface area (Å²) < 4.78 is 21.1. The van der Waals surface area contributed by atoms with E-state index < -0.39 is 17.5 Å². The van der Waals surface area contributed by atoms with E-state index in [0.29, 0.717) is 17.1 Å². The SMILES string of the molecule is Cc1ccc(F)c2nc(CCNC(=O)OC(C)(C)C)n(-c3ccccc3)c(=O)c12. The molecular weight excluding hydrogens is 373 g/mol. The van der Waals surface area contributed by atoms with Gasteiger partial charge in [0.05, 0.1) is 11.1 Å². The van der Waals surface area contributed by atoms with E-state index in [2.05, 4.69) is 10.3 Å². The number of amides is 1. The minimum Gasteiger partial charge on any atom is -0.444 e. The smallest absolute Gasteiger partial charge is 0.407 e. The molecule has 0 aliphatic carbocycles. The number of alkyl carbamates (subject to hydrolysis) is 1. The number of para-hydroxylation sites is 1. The monoisotopic (exact) mass is 397 g/mol. The van der Waals surface area contributed by atoms with Crippen molar-refractivity contribution in [2.45, 2.75) is 39.7 Å². The van der Waals surface area contributed by atoms with Crippen molar-refractivity contribution in [3.63, 3.8) is 0 Å². The third-order valence-corrected chi connectivity index (χ3v) is 4.28. The van der Waals surface area contributed by atoms with Crippen molar-refractivity contribution < 1.29 is 13.9 Å². The molecule has 0 aliphatic heterocycles. The van der Waals surface area contributed by atoms with Crippen LogP contribution >= 0.6 is 0 Å². The lowest BCUT2D eigenvalue weighted by atomic mass is 10.1. The molecular formula is C22H24FN3O3. The number of aromatic nitrogens is 2. The lowest BCUT2D eigenvalue weighted by molar-refractivity contribution is 0.0528. The molecule has 152 valence electrons. The summed E-state index contributed by atoms with van der Waals surface area (Å²) in [6.07, 6.45) is -0.332. The number of carbonyl (C=O) groups excluding carboxylic acids is 1. The molecule has 1 amide bonds.